The third-order valence-electron chi connectivity index (χ3n) is 6.81. The van der Waals surface area contributed by atoms with E-state index in [9.17, 15) is 14.3 Å². The monoisotopic (exact) mass is 479 g/mol. The highest BCUT2D eigenvalue weighted by molar-refractivity contribution is 5.46. The van der Waals surface area contributed by atoms with E-state index < -0.39 is 5.63 Å². The zero-order valence-electron chi connectivity index (χ0n) is 19.6. The number of morpholine rings is 1. The normalized spacial score (nSPS) is 19.7. The van der Waals surface area contributed by atoms with Crippen LogP contribution in [0.4, 0.5) is 10.1 Å². The van der Waals surface area contributed by atoms with Crippen molar-refractivity contribution in [3.8, 4) is 5.75 Å². The van der Waals surface area contributed by atoms with Crippen LogP contribution < -0.4 is 10.5 Å². The summed E-state index contributed by atoms with van der Waals surface area (Å²) in [5, 5.41) is 11.0. The van der Waals surface area contributed by atoms with Gasteiger partial charge in [-0.3, -0.25) is 9.80 Å². The summed E-state index contributed by atoms with van der Waals surface area (Å²) in [6.07, 6.45) is 1.30. The second-order valence-corrected chi connectivity index (χ2v) is 9.12. The molecule has 2 aliphatic rings. The lowest BCUT2D eigenvalue weighted by Gasteiger charge is -2.36. The Hall–Kier alpha value is -3.20. The van der Waals surface area contributed by atoms with E-state index in [4.69, 9.17) is 9.15 Å². The molecule has 0 saturated carbocycles. The second kappa shape index (κ2) is 10.6. The van der Waals surface area contributed by atoms with Crippen LogP contribution in [0, 0.1) is 5.82 Å². The third-order valence-corrected chi connectivity index (χ3v) is 6.81. The van der Waals surface area contributed by atoms with Crippen molar-refractivity contribution in [2.75, 3.05) is 50.8 Å². The quantitative estimate of drug-likeness (QED) is 0.581. The molecule has 0 spiro atoms. The van der Waals surface area contributed by atoms with E-state index in [1.165, 1.54) is 18.4 Å². The number of rotatable bonds is 6. The van der Waals surface area contributed by atoms with E-state index in [0.717, 1.165) is 37.4 Å². The molecule has 0 radical (unpaired) electrons. The SMILES string of the molecule is O=c1occ(CN2CCN(c3ccc(F)cc3)CC2)c(O)c1CN1CCO[C@H](c2ccccc2)C1. The van der Waals surface area contributed by atoms with Crippen LogP contribution in [-0.4, -0.2) is 60.8 Å². The highest BCUT2D eigenvalue weighted by atomic mass is 19.1. The molecule has 8 heteroatoms. The van der Waals surface area contributed by atoms with Crippen molar-refractivity contribution in [2.24, 2.45) is 0 Å². The molecular formula is C27H30FN3O4. The Balaban J connectivity index is 1.22. The van der Waals surface area contributed by atoms with Gasteiger partial charge < -0.3 is 19.2 Å². The number of anilines is 1. The van der Waals surface area contributed by atoms with E-state index >= 15 is 0 Å². The van der Waals surface area contributed by atoms with Crippen molar-refractivity contribution in [1.29, 1.82) is 0 Å². The number of hydrogen-bond acceptors (Lipinski definition) is 7. The van der Waals surface area contributed by atoms with Crippen LogP contribution >= 0.6 is 0 Å². The van der Waals surface area contributed by atoms with Crippen molar-refractivity contribution >= 4 is 5.69 Å². The Kier molecular flexibility index (Phi) is 7.13. The van der Waals surface area contributed by atoms with Crippen molar-refractivity contribution in [2.45, 2.75) is 19.2 Å². The van der Waals surface area contributed by atoms with Gasteiger partial charge in [0.1, 0.15) is 17.8 Å². The molecule has 7 nitrogen and oxygen atoms in total. The lowest BCUT2D eigenvalue weighted by Crippen LogP contribution is -2.46. The maximum atomic E-state index is 13.2. The number of piperazine rings is 1. The van der Waals surface area contributed by atoms with E-state index in [2.05, 4.69) is 14.7 Å². The van der Waals surface area contributed by atoms with Crippen molar-refractivity contribution < 1.29 is 18.7 Å². The average molecular weight is 480 g/mol. The molecule has 0 aliphatic carbocycles. The van der Waals surface area contributed by atoms with Crippen LogP contribution in [-0.2, 0) is 17.8 Å². The number of aromatic hydroxyl groups is 1. The standard InChI is InChI=1S/C27H30FN3O4/c28-22-6-8-23(9-7-22)31-12-10-29(11-13-31)16-21-19-35-27(33)24(26(21)32)17-30-14-15-34-25(18-30)20-4-2-1-3-5-20/h1-9,19,25,32H,10-18H2/t25-/m0/s1. The molecule has 1 aromatic heterocycles. The van der Waals surface area contributed by atoms with Crippen LogP contribution in [0.2, 0.25) is 0 Å². The molecule has 184 valence electrons. The molecule has 0 amide bonds. The topological polar surface area (TPSA) is 69.4 Å². The van der Waals surface area contributed by atoms with Gasteiger partial charge in [0.25, 0.3) is 0 Å². The smallest absolute Gasteiger partial charge is 0.343 e. The largest absolute Gasteiger partial charge is 0.507 e. The zero-order valence-corrected chi connectivity index (χ0v) is 19.6. The van der Waals surface area contributed by atoms with Gasteiger partial charge in [-0.15, -0.1) is 0 Å². The second-order valence-electron chi connectivity index (χ2n) is 9.12. The molecule has 0 unspecified atom stereocenters. The highest BCUT2D eigenvalue weighted by Gasteiger charge is 2.26. The molecule has 2 fully saturated rings. The van der Waals surface area contributed by atoms with Crippen LogP contribution in [0.3, 0.4) is 0 Å². The van der Waals surface area contributed by atoms with Crippen LogP contribution in [0.1, 0.15) is 22.8 Å². The van der Waals surface area contributed by atoms with Gasteiger partial charge in [-0.25, -0.2) is 9.18 Å². The molecular weight excluding hydrogens is 449 g/mol. The first kappa shape index (κ1) is 23.5. The fraction of sp³-hybridized carbons (Fsp3) is 0.370. The Morgan fingerprint density at radius 3 is 2.40 bits per heavy atom. The fourth-order valence-electron chi connectivity index (χ4n) is 4.79. The first-order valence-corrected chi connectivity index (χ1v) is 12.0. The third kappa shape index (κ3) is 5.56. The Bertz CT molecular complexity index is 1180. The Morgan fingerprint density at radius 1 is 0.914 bits per heavy atom. The van der Waals surface area contributed by atoms with Crippen LogP contribution in [0.5, 0.6) is 5.75 Å². The maximum Gasteiger partial charge on any atom is 0.343 e. The molecule has 0 bridgehead atoms. The van der Waals surface area contributed by atoms with Gasteiger partial charge in [0.15, 0.2) is 0 Å². The minimum atomic E-state index is -0.505. The zero-order chi connectivity index (χ0) is 24.2. The van der Waals surface area contributed by atoms with Crippen molar-refractivity contribution in [3.05, 3.63) is 93.8 Å². The first-order valence-electron chi connectivity index (χ1n) is 12.0. The minimum Gasteiger partial charge on any atom is -0.507 e. The molecule has 2 aliphatic heterocycles. The van der Waals surface area contributed by atoms with Gasteiger partial charge in [0, 0.05) is 63.6 Å². The van der Waals surface area contributed by atoms with E-state index in [-0.39, 0.29) is 17.7 Å². The summed E-state index contributed by atoms with van der Waals surface area (Å²) in [4.78, 5) is 19.1. The summed E-state index contributed by atoms with van der Waals surface area (Å²) in [6.45, 7) is 5.85. The Morgan fingerprint density at radius 2 is 1.66 bits per heavy atom. The predicted molar refractivity (Wildman–Crippen MR) is 131 cm³/mol. The molecule has 1 atom stereocenters. The maximum absolute atomic E-state index is 13.2. The summed E-state index contributed by atoms with van der Waals surface area (Å²) in [6, 6.07) is 16.6. The van der Waals surface area contributed by atoms with Gasteiger partial charge in [-0.1, -0.05) is 30.3 Å². The van der Waals surface area contributed by atoms with Crippen LogP contribution in [0.15, 0.2) is 70.1 Å². The van der Waals surface area contributed by atoms with Gasteiger partial charge in [-0.2, -0.15) is 0 Å². The molecule has 35 heavy (non-hydrogen) atoms. The van der Waals surface area contributed by atoms with Crippen molar-refractivity contribution in [1.82, 2.24) is 9.80 Å². The number of nitrogens with zero attached hydrogens (tertiary/aromatic N) is 3. The molecule has 5 rings (SSSR count). The fourth-order valence-corrected chi connectivity index (χ4v) is 4.79. The van der Waals surface area contributed by atoms with Gasteiger partial charge in [0.05, 0.1) is 18.3 Å². The molecule has 1 N–H and O–H groups in total. The van der Waals surface area contributed by atoms with Crippen molar-refractivity contribution in [3.63, 3.8) is 0 Å². The lowest BCUT2D eigenvalue weighted by atomic mass is 10.1. The van der Waals surface area contributed by atoms with E-state index in [0.29, 0.717) is 43.9 Å². The average Bonchev–Trinajstić information content (AvgIpc) is 2.90. The highest BCUT2D eigenvalue weighted by Crippen LogP contribution is 2.27. The minimum absolute atomic E-state index is 0.0185. The molecule has 3 aromatic rings. The van der Waals surface area contributed by atoms with E-state index in [1.807, 2.05) is 30.3 Å². The lowest BCUT2D eigenvalue weighted by molar-refractivity contribution is -0.0334. The molecule has 2 saturated heterocycles. The summed E-state index contributed by atoms with van der Waals surface area (Å²) >= 11 is 0. The number of hydrogen-bond donors (Lipinski definition) is 1. The predicted octanol–water partition coefficient (Wildman–Crippen LogP) is 3.38. The first-order chi connectivity index (χ1) is 17.1. The Labute approximate surface area is 204 Å². The van der Waals surface area contributed by atoms with Gasteiger partial charge in [-0.05, 0) is 29.8 Å². The van der Waals surface area contributed by atoms with E-state index in [1.54, 1.807) is 12.1 Å². The summed E-state index contributed by atoms with van der Waals surface area (Å²) in [5.74, 6) is -0.220. The number of benzene rings is 2. The number of halogens is 1. The van der Waals surface area contributed by atoms with Crippen LogP contribution in [0.25, 0.3) is 0 Å². The summed E-state index contributed by atoms with van der Waals surface area (Å²) in [7, 11) is 0. The molecule has 2 aromatic carbocycles. The molecule has 3 heterocycles. The van der Waals surface area contributed by atoms with Gasteiger partial charge in [0.2, 0.25) is 0 Å². The summed E-state index contributed by atoms with van der Waals surface area (Å²) in [5.41, 5.74) is 2.50. The number of ether oxygens (including phenoxy) is 1. The van der Waals surface area contributed by atoms with Gasteiger partial charge >= 0.3 is 5.63 Å². The summed E-state index contributed by atoms with van der Waals surface area (Å²) < 4.78 is 24.5.